The molecule has 17 heterocycles. The number of alkyl halides is 1. The summed E-state index contributed by atoms with van der Waals surface area (Å²) in [4.78, 5) is 89.3. The highest BCUT2D eigenvalue weighted by atomic mass is 79.9. The van der Waals surface area contributed by atoms with Crippen LogP contribution < -0.4 is 5.32 Å². The SMILES string of the molecule is CC(C)(C)OC(=O)N1Cc2ccc(C(=O)CBr)cc2C1.CN1Cc2ccc(-c3cc4ccccn4c3)cc2C1.CN1Cc2ccc(-c3cc4ccccn4c3)cc2C1.CN1Cc2ccc(-c3cc4ccccn4c3C(=O)C(=O)Cc3ccc(-c4ncco4)cc3)cc2C1.CN1Cc2ccc(-c3cc4ccccn4c3C(=O)C(=O)Cl)cc2C1.c1ccn2cc(-c3ccc4c(c3)CNC4)cc2c1. The molecule has 18 aromatic rings. The number of nitrogens with zero attached hydrogens (tertiary/aromatic N) is 11. The van der Waals surface area contributed by atoms with Crippen LogP contribution in [0.15, 0.2) is 321 Å². The second kappa shape index (κ2) is 38.7. The first-order valence-electron chi connectivity index (χ1n) is 45.4. The largest absolute Gasteiger partial charge is 0.445 e. The molecule has 0 bridgehead atoms. The number of pyridine rings is 5. The summed E-state index contributed by atoms with van der Waals surface area (Å²) >= 11 is 8.65. The first kappa shape index (κ1) is 89.9. The maximum atomic E-state index is 13.6. The lowest BCUT2D eigenvalue weighted by Crippen LogP contribution is -2.33. The maximum Gasteiger partial charge on any atom is 0.410 e. The average molecular weight is 1870 g/mol. The maximum absolute atomic E-state index is 13.6. The van der Waals surface area contributed by atoms with E-state index in [1.54, 1.807) is 27.8 Å². The Morgan fingerprint density at radius 2 is 0.770 bits per heavy atom. The molecule has 0 saturated carbocycles. The molecule has 0 fully saturated rings. The quantitative estimate of drug-likeness (QED) is 0.0469. The fourth-order valence-corrected chi connectivity index (χ4v) is 19.4. The molecule has 6 aliphatic rings. The number of ketones is 4. The Bertz CT molecular complexity index is 7370. The molecule has 676 valence electrons. The van der Waals surface area contributed by atoms with Crippen molar-refractivity contribution in [2.45, 2.75) is 111 Å². The predicted octanol–water partition coefficient (Wildman–Crippen LogP) is 22.5. The number of fused-ring (bicyclic) bond motifs is 11. The summed E-state index contributed by atoms with van der Waals surface area (Å²) in [5, 5.41) is 2.72. The molecule has 1 N–H and O–H groups in total. The minimum absolute atomic E-state index is 0.0270. The summed E-state index contributed by atoms with van der Waals surface area (Å²) in [6, 6.07) is 86.8. The lowest BCUT2D eigenvalue weighted by atomic mass is 9.97. The molecule has 0 spiro atoms. The predicted molar refractivity (Wildman–Crippen MR) is 536 cm³/mol. The van der Waals surface area contributed by atoms with Crippen molar-refractivity contribution in [2.75, 3.05) is 33.5 Å². The lowest BCUT2D eigenvalue weighted by Gasteiger charge is -2.24. The van der Waals surface area contributed by atoms with Gasteiger partial charge in [-0.2, -0.15) is 0 Å². The number of aromatic nitrogens is 6. The first-order valence-corrected chi connectivity index (χ1v) is 46.9. The zero-order valence-corrected chi connectivity index (χ0v) is 78.7. The third-order valence-corrected chi connectivity index (χ3v) is 26.2. The van der Waals surface area contributed by atoms with Crippen LogP contribution in [0, 0.1) is 0 Å². The van der Waals surface area contributed by atoms with E-state index in [9.17, 15) is 28.8 Å². The van der Waals surface area contributed by atoms with Gasteiger partial charge in [0.1, 0.15) is 23.3 Å². The summed E-state index contributed by atoms with van der Waals surface area (Å²) in [6.45, 7) is 16.5. The van der Waals surface area contributed by atoms with E-state index in [0.29, 0.717) is 41.3 Å². The van der Waals surface area contributed by atoms with Gasteiger partial charge in [-0.1, -0.05) is 131 Å². The van der Waals surface area contributed by atoms with Gasteiger partial charge in [-0.25, -0.2) is 9.78 Å². The number of halogens is 2. The van der Waals surface area contributed by atoms with Crippen LogP contribution in [0.1, 0.15) is 124 Å². The van der Waals surface area contributed by atoms with Crippen LogP contribution in [0.25, 0.3) is 94.7 Å². The van der Waals surface area contributed by atoms with Gasteiger partial charge < -0.3 is 36.5 Å². The van der Waals surface area contributed by atoms with Crippen LogP contribution in [0.3, 0.4) is 0 Å². The molecule has 0 radical (unpaired) electrons. The Balaban J connectivity index is 0.000000106. The van der Waals surface area contributed by atoms with Gasteiger partial charge in [-0.15, -0.1) is 0 Å². The number of hydrogen-bond donors (Lipinski definition) is 1. The van der Waals surface area contributed by atoms with E-state index < -0.39 is 28.2 Å². The van der Waals surface area contributed by atoms with Gasteiger partial charge in [0.15, 0.2) is 5.78 Å². The summed E-state index contributed by atoms with van der Waals surface area (Å²) in [6.07, 6.45) is 19.3. The van der Waals surface area contributed by atoms with Crippen molar-refractivity contribution in [3.8, 4) is 67.1 Å². The van der Waals surface area contributed by atoms with Gasteiger partial charge in [-0.05, 0) is 300 Å². The van der Waals surface area contributed by atoms with Crippen molar-refractivity contribution in [3.05, 3.63) is 406 Å². The molecular formula is C113H102BrClN12O8. The number of hydrogen-bond acceptors (Lipinski definition) is 14. The third-order valence-electron chi connectivity index (χ3n) is 25.6. The molecule has 0 unspecified atom stereocenters. The number of oxazole rings is 1. The third kappa shape index (κ3) is 19.9. The van der Waals surface area contributed by atoms with Crippen molar-refractivity contribution >= 4 is 89.6 Å². The summed E-state index contributed by atoms with van der Waals surface area (Å²) < 4.78 is 20.7. The number of amides is 1. The van der Waals surface area contributed by atoms with Crippen molar-refractivity contribution in [2.24, 2.45) is 0 Å². The molecule has 0 aliphatic carbocycles. The minimum Gasteiger partial charge on any atom is -0.445 e. The molecule has 7 aromatic carbocycles. The molecule has 1 amide bonds. The zero-order chi connectivity index (χ0) is 93.3. The zero-order valence-electron chi connectivity index (χ0n) is 76.4. The Kier molecular flexibility index (Phi) is 25.8. The molecule has 135 heavy (non-hydrogen) atoms. The van der Waals surface area contributed by atoms with E-state index in [2.05, 4.69) is 282 Å². The molecule has 0 saturated heterocycles. The molecule has 20 nitrogen and oxygen atoms in total. The highest BCUT2D eigenvalue weighted by Crippen LogP contribution is 2.39. The Hall–Kier alpha value is -14.3. The number of ether oxygens (including phenoxy) is 1. The highest BCUT2D eigenvalue weighted by molar-refractivity contribution is 9.09. The number of carbonyl (C=O) groups excluding carboxylic acids is 6. The summed E-state index contributed by atoms with van der Waals surface area (Å²) in [5.41, 5.74) is 35.1. The normalized spacial score (nSPS) is 14.1. The molecule has 22 heteroatoms. The molecular weight excluding hydrogens is 1770 g/mol. The van der Waals surface area contributed by atoms with E-state index in [-0.39, 0.29) is 18.3 Å². The number of nitrogens with one attached hydrogen (secondary N) is 1. The van der Waals surface area contributed by atoms with Gasteiger partial charge in [0.2, 0.25) is 17.5 Å². The van der Waals surface area contributed by atoms with E-state index in [1.165, 1.54) is 112 Å². The number of rotatable bonds is 14. The van der Waals surface area contributed by atoms with Crippen LogP contribution in [0.5, 0.6) is 0 Å². The van der Waals surface area contributed by atoms with Crippen molar-refractivity contribution in [1.29, 1.82) is 0 Å². The second-order valence-electron chi connectivity index (χ2n) is 36.7. The van der Waals surface area contributed by atoms with Gasteiger partial charge >= 0.3 is 6.09 Å². The molecule has 6 aliphatic heterocycles. The van der Waals surface area contributed by atoms with E-state index in [1.807, 2.05) is 122 Å². The van der Waals surface area contributed by atoms with Crippen molar-refractivity contribution < 1.29 is 37.9 Å². The number of benzene rings is 7. The number of Topliss-reactive ketones (excluding diaryl/α,β-unsaturated/α-hetero) is 4. The van der Waals surface area contributed by atoms with Gasteiger partial charge in [0, 0.05) is 201 Å². The van der Waals surface area contributed by atoms with E-state index in [4.69, 9.17) is 20.8 Å². The van der Waals surface area contributed by atoms with Crippen LogP contribution in [-0.4, -0.2) is 125 Å². The van der Waals surface area contributed by atoms with Crippen LogP contribution >= 0.6 is 27.5 Å². The summed E-state index contributed by atoms with van der Waals surface area (Å²) in [5.74, 6) is -1.05. The van der Waals surface area contributed by atoms with Gasteiger partial charge in [0.05, 0.1) is 11.5 Å². The molecule has 11 aromatic heterocycles. The minimum atomic E-state index is -0.971. The fourth-order valence-electron chi connectivity index (χ4n) is 18.9. The fraction of sp³-hybridized carbons (Fsp3) is 0.195. The smallest absolute Gasteiger partial charge is 0.410 e. The summed E-state index contributed by atoms with van der Waals surface area (Å²) in [7, 11) is 8.52. The average Bonchev–Trinajstić information content (AvgIpc) is 1.61. The van der Waals surface area contributed by atoms with Crippen LogP contribution in [0.2, 0.25) is 0 Å². The molecule has 0 atom stereocenters. The first-order chi connectivity index (χ1) is 65.4. The van der Waals surface area contributed by atoms with Gasteiger partial charge in [0.25, 0.3) is 11.0 Å². The Morgan fingerprint density at radius 3 is 1.21 bits per heavy atom. The monoisotopic (exact) mass is 1870 g/mol. The van der Waals surface area contributed by atoms with Crippen molar-refractivity contribution in [3.63, 3.8) is 0 Å². The van der Waals surface area contributed by atoms with Crippen LogP contribution in [0.4, 0.5) is 4.79 Å². The second-order valence-corrected chi connectivity index (χ2v) is 37.6. The number of carbonyl (C=O) groups is 6. The lowest BCUT2D eigenvalue weighted by molar-refractivity contribution is -0.114. The topological polar surface area (TPSA) is 188 Å². The van der Waals surface area contributed by atoms with Crippen molar-refractivity contribution in [1.82, 2.24) is 56.8 Å². The highest BCUT2D eigenvalue weighted by Gasteiger charge is 2.32. The van der Waals surface area contributed by atoms with E-state index >= 15 is 0 Å². The molecule has 24 rings (SSSR count). The van der Waals surface area contributed by atoms with E-state index in [0.717, 1.165) is 121 Å². The Labute approximate surface area is 797 Å². The standard InChI is InChI=1S/C29H23N3O3.C19H15ClN2O2.2C17H16N2.C16H14N2.C15H18BrNO3/c1-31-17-22-10-9-21(15-23(22)18-31)25-16-24-4-2-3-12-32(24)27(25)28(34)26(33)14-19-5-7-20(8-6-19)29-30-11-13-35-29;1-21-10-13-6-5-12(8-14(13)11-21)16-9-15-4-2-3-7-22(15)17(16)18(23)19(20)24;2*1-18-10-14-6-5-13(8-15(14)11-18)16-9-17-4-2-3-7-19(17)12-16;1-2-6-18-11-15(8-16(18)3-1)12-4-5-13-9-17-10-14(13)7-12;1-15(2,3)20-14(19)17-8-11-5-4-10(13(18)7-16)6-12(11)9-17/h2-13,15-16H,14,17-18H2,1H3;2-9H,10-11H2,1H3;2*2-9,12H,10-11H2,1H3;1-8,11,17H,9-10H2;4-6H,7-9H2,1-3H3. The van der Waals surface area contributed by atoms with Crippen LogP contribution in [-0.2, 0) is 99.3 Å². The van der Waals surface area contributed by atoms with Gasteiger partial charge in [-0.3, -0.25) is 48.5 Å². The Morgan fingerprint density at radius 1 is 0.393 bits per heavy atom.